The fourth-order valence-corrected chi connectivity index (χ4v) is 8.50. The van der Waals surface area contributed by atoms with Crippen molar-refractivity contribution in [3.63, 3.8) is 0 Å². The molecule has 0 unspecified atom stereocenters. The number of amides is 9. The predicted octanol–water partition coefficient (Wildman–Crippen LogP) is -1.44. The molecule has 3 aromatic carbocycles. The highest BCUT2D eigenvalue weighted by molar-refractivity contribution is 6.00. The Kier molecular flexibility index (Phi) is 29.3. The highest BCUT2D eigenvalue weighted by atomic mass is 16.5. The quantitative estimate of drug-likeness (QED) is 0.0182. The zero-order valence-corrected chi connectivity index (χ0v) is 48.1. The summed E-state index contributed by atoms with van der Waals surface area (Å²) in [5.74, 6) is -7.62. The number of nitrogens with zero attached hydrogens (tertiary/aromatic N) is 3. The molecule has 0 aliphatic rings. The van der Waals surface area contributed by atoms with Crippen molar-refractivity contribution >= 4 is 64.9 Å². The monoisotopic (exact) mass is 1160 g/mol. The van der Waals surface area contributed by atoms with Gasteiger partial charge >= 0.3 is 0 Å². The Balaban J connectivity index is 1.88. The minimum Gasteiger partial charge on any atom is -0.508 e. The molecule has 83 heavy (non-hydrogen) atoms. The summed E-state index contributed by atoms with van der Waals surface area (Å²) in [7, 11) is 4.14. The normalized spacial score (nSPS) is 13.5. The van der Waals surface area contributed by atoms with Crippen molar-refractivity contribution in [1.29, 1.82) is 0 Å². The summed E-state index contributed by atoms with van der Waals surface area (Å²) >= 11 is 0. The minimum absolute atomic E-state index is 0.00665. The van der Waals surface area contributed by atoms with Gasteiger partial charge in [-0.2, -0.15) is 0 Å². The lowest BCUT2D eigenvalue weighted by Gasteiger charge is -2.28. The predicted molar refractivity (Wildman–Crippen MR) is 306 cm³/mol. The molecule has 0 saturated carbocycles. The standard InChI is InChI=1S/C57H82N12O14/c1-34(2)27-43(64-55(81)48(33-83-7)67-53(79)45(65-54(80)47(32-70)60-5)29-38-17-21-40(73)22-18-38)51(77)63-42(15-11-25-61-57(58)59)49(75)16-12-26-69(36(4)72)56(82)46(30-39-19-23-41(74)24-20-39)66-52(78)44(28-37-13-9-8-10-14-37)62-50(76)31-68(6)35(3)71/h8-10,13-14,17-24,34,42-48,60,70,73-74H,11-12,15-16,25-33H2,1-7H3,(H,62,76)(H,63,77)(H,64,81)(H,65,80)(H,66,78)(H,67,79)(H4,58,59,61)/t42-,43-,44+,45-,46+,47-,48+/m0/s1. The average Bonchev–Trinajstić information content (AvgIpc) is 3.44. The smallest absolute Gasteiger partial charge is 0.252 e. The average molecular weight is 1160 g/mol. The number of guanidine groups is 1. The first-order valence-corrected chi connectivity index (χ1v) is 27.2. The number of carbonyl (C=O) groups is 10. The van der Waals surface area contributed by atoms with E-state index in [0.717, 1.165) is 16.7 Å². The van der Waals surface area contributed by atoms with E-state index in [4.69, 9.17) is 16.2 Å². The number of aliphatic hydroxyl groups excluding tert-OH is 1. The van der Waals surface area contributed by atoms with Gasteiger partial charge in [0, 0.05) is 66.8 Å². The SMILES string of the molecule is CN[C@@H](CO)C(=O)N[C@@H](Cc1ccc(O)cc1)C(=O)N[C@H](COC)C(=O)N[C@@H](CC(C)C)C(=O)N[C@@H](CCCN=C(N)N)C(=O)CCCN(C(C)=O)C(=O)[C@@H](Cc1ccc(O)cc1)NC(=O)[C@@H](Cc1ccccc1)NC(=O)CN(C)C(C)=O. The molecule has 0 radical (unpaired) electrons. The number of phenolic OH excluding ortho intramolecular Hbond substituents is 2. The zero-order valence-electron chi connectivity index (χ0n) is 48.1. The number of hydrogen-bond acceptors (Lipinski definition) is 16. The number of likely N-dealkylation sites (N-methyl/N-ethyl adjacent to an activating group) is 2. The van der Waals surface area contributed by atoms with E-state index in [1.807, 2.05) is 0 Å². The number of aliphatic imine (C=N–C) groups is 1. The molecule has 0 saturated heterocycles. The van der Waals surface area contributed by atoms with E-state index in [1.54, 1.807) is 44.2 Å². The van der Waals surface area contributed by atoms with Crippen molar-refractivity contribution in [3.8, 4) is 11.5 Å². The topological polar surface area (TPSA) is 396 Å². The lowest BCUT2D eigenvalue weighted by atomic mass is 9.99. The molecule has 0 bridgehead atoms. The number of carbonyl (C=O) groups excluding carboxylic acids is 10. The minimum atomic E-state index is -1.43. The van der Waals surface area contributed by atoms with Gasteiger partial charge in [0.25, 0.3) is 5.91 Å². The fourth-order valence-electron chi connectivity index (χ4n) is 8.50. The second-order valence-electron chi connectivity index (χ2n) is 20.4. The van der Waals surface area contributed by atoms with Crippen molar-refractivity contribution in [2.45, 2.75) is 121 Å². The number of methoxy groups -OCH3 is 1. The van der Waals surface area contributed by atoms with E-state index >= 15 is 0 Å². The lowest BCUT2D eigenvalue weighted by Crippen LogP contribution is -2.60. The van der Waals surface area contributed by atoms with Crippen molar-refractivity contribution < 1.29 is 68.0 Å². The van der Waals surface area contributed by atoms with Crippen LogP contribution in [0.25, 0.3) is 0 Å². The molecule has 9 amide bonds. The van der Waals surface area contributed by atoms with E-state index in [1.165, 1.54) is 76.7 Å². The van der Waals surface area contributed by atoms with Crippen molar-refractivity contribution in [2.75, 3.05) is 54.1 Å². The van der Waals surface area contributed by atoms with Gasteiger partial charge in [0.15, 0.2) is 11.7 Å². The molecule has 26 heteroatoms. The summed E-state index contributed by atoms with van der Waals surface area (Å²) in [6, 6.07) is 11.4. The molecule has 3 aromatic rings. The van der Waals surface area contributed by atoms with E-state index in [-0.39, 0.29) is 101 Å². The maximum absolute atomic E-state index is 14.5. The van der Waals surface area contributed by atoms with Crippen molar-refractivity contribution in [2.24, 2.45) is 22.4 Å². The van der Waals surface area contributed by atoms with Crippen LogP contribution in [-0.2, 0) is 71.9 Å². The van der Waals surface area contributed by atoms with Crippen LogP contribution >= 0.6 is 0 Å². The Morgan fingerprint density at radius 3 is 1.58 bits per heavy atom. The van der Waals surface area contributed by atoms with Gasteiger partial charge in [0.2, 0.25) is 47.3 Å². The van der Waals surface area contributed by atoms with E-state index < -0.39 is 108 Å². The second kappa shape index (κ2) is 35.4. The highest BCUT2D eigenvalue weighted by Crippen LogP contribution is 2.17. The number of phenols is 2. The van der Waals surface area contributed by atoms with Gasteiger partial charge in [0.05, 0.1) is 25.8 Å². The number of rotatable bonds is 35. The molecular formula is C57H82N12O14. The number of ketones is 1. The maximum atomic E-state index is 14.5. The van der Waals surface area contributed by atoms with Crippen LogP contribution in [0.1, 0.15) is 76.5 Å². The maximum Gasteiger partial charge on any atom is 0.252 e. The summed E-state index contributed by atoms with van der Waals surface area (Å²) in [4.78, 5) is 143. The first-order chi connectivity index (χ1) is 39.3. The van der Waals surface area contributed by atoms with Gasteiger partial charge in [-0.25, -0.2) is 0 Å². The van der Waals surface area contributed by atoms with Crippen LogP contribution < -0.4 is 48.7 Å². The van der Waals surface area contributed by atoms with E-state index in [2.05, 4.69) is 42.2 Å². The largest absolute Gasteiger partial charge is 0.508 e. The molecule has 7 atom stereocenters. The van der Waals surface area contributed by atoms with Crippen molar-refractivity contribution in [3.05, 3.63) is 95.6 Å². The third-order valence-corrected chi connectivity index (χ3v) is 13.1. The van der Waals surface area contributed by atoms with Gasteiger partial charge < -0.3 is 73.6 Å². The molecular weight excluding hydrogens is 1080 g/mol. The third kappa shape index (κ3) is 24.6. The molecule has 0 aliphatic carbocycles. The molecule has 26 nitrogen and oxygen atoms in total. The van der Waals surface area contributed by atoms with Crippen LogP contribution in [-0.4, -0.2) is 186 Å². The third-order valence-electron chi connectivity index (χ3n) is 13.1. The highest BCUT2D eigenvalue weighted by Gasteiger charge is 2.35. The fraction of sp³-hybridized carbons (Fsp3) is 0.491. The summed E-state index contributed by atoms with van der Waals surface area (Å²) in [6.07, 6.45) is -0.435. The zero-order chi connectivity index (χ0) is 61.8. The van der Waals surface area contributed by atoms with Gasteiger partial charge in [-0.05, 0) is 79.6 Å². The van der Waals surface area contributed by atoms with Gasteiger partial charge in [-0.3, -0.25) is 57.8 Å². The molecule has 0 heterocycles. The lowest BCUT2D eigenvalue weighted by molar-refractivity contribution is -0.147. The first kappa shape index (κ1) is 68.8. The molecule has 0 aliphatic heterocycles. The van der Waals surface area contributed by atoms with Gasteiger partial charge in [-0.1, -0.05) is 68.4 Å². The van der Waals surface area contributed by atoms with Crippen LogP contribution in [0.2, 0.25) is 0 Å². The van der Waals surface area contributed by atoms with Crippen LogP contribution in [0.3, 0.4) is 0 Å². The molecule has 14 N–H and O–H groups in total. The number of nitrogens with one attached hydrogen (secondary N) is 7. The Morgan fingerprint density at radius 1 is 0.602 bits per heavy atom. The second-order valence-corrected chi connectivity index (χ2v) is 20.4. The number of benzene rings is 3. The number of hydrogen-bond donors (Lipinski definition) is 12. The Hall–Kier alpha value is -8.49. The van der Waals surface area contributed by atoms with E-state index in [9.17, 15) is 63.3 Å². The number of Topliss-reactive ketones (excluding diaryl/α,β-unsaturated/α-hetero) is 1. The van der Waals surface area contributed by atoms with Gasteiger partial charge in [0.1, 0.15) is 47.8 Å². The number of nitrogens with two attached hydrogens (primary N) is 2. The summed E-state index contributed by atoms with van der Waals surface area (Å²) in [6.45, 7) is 4.40. The van der Waals surface area contributed by atoms with E-state index in [0.29, 0.717) is 16.7 Å². The summed E-state index contributed by atoms with van der Waals surface area (Å²) < 4.78 is 5.28. The Bertz CT molecular complexity index is 2670. The number of ether oxygens (including phenoxy) is 1. The number of aliphatic hydroxyl groups is 1. The molecule has 3 rings (SSSR count). The molecule has 0 fully saturated rings. The van der Waals surface area contributed by atoms with Crippen LogP contribution in [0, 0.1) is 5.92 Å². The molecule has 454 valence electrons. The molecule has 0 spiro atoms. The first-order valence-electron chi connectivity index (χ1n) is 27.2. The Labute approximate surface area is 483 Å². The number of aromatic hydroxyl groups is 2. The Morgan fingerprint density at radius 2 is 1.07 bits per heavy atom. The van der Waals surface area contributed by atoms with Crippen LogP contribution in [0.4, 0.5) is 0 Å². The van der Waals surface area contributed by atoms with Crippen LogP contribution in [0.5, 0.6) is 11.5 Å². The summed E-state index contributed by atoms with van der Waals surface area (Å²) in [5.41, 5.74) is 12.8. The number of imide groups is 1. The molecule has 0 aromatic heterocycles. The summed E-state index contributed by atoms with van der Waals surface area (Å²) in [5, 5.41) is 48.1. The van der Waals surface area contributed by atoms with Crippen molar-refractivity contribution in [1.82, 2.24) is 47.0 Å². The van der Waals surface area contributed by atoms with Crippen LogP contribution in [0.15, 0.2) is 83.9 Å². The van der Waals surface area contributed by atoms with Gasteiger partial charge in [-0.15, -0.1) is 0 Å².